The fourth-order valence-electron chi connectivity index (χ4n) is 4.35. The molecule has 1 aliphatic heterocycles. The van der Waals surface area contributed by atoms with Crippen LogP contribution in [0.1, 0.15) is 6.92 Å². The summed E-state index contributed by atoms with van der Waals surface area (Å²) in [4.78, 5) is 14.1. The molecule has 1 fully saturated rings. The maximum absolute atomic E-state index is 13.0. The first-order valence-corrected chi connectivity index (χ1v) is 15.8. The summed E-state index contributed by atoms with van der Waals surface area (Å²) in [6.07, 6.45) is -0.623. The highest BCUT2D eigenvalue weighted by atomic mass is 32.2. The number of carbonyl (C=O) groups is 1. The van der Waals surface area contributed by atoms with Gasteiger partial charge in [0.25, 0.3) is 10.0 Å². The number of ether oxygens (including phenoxy) is 3. The second-order valence-corrected chi connectivity index (χ2v) is 13.0. The van der Waals surface area contributed by atoms with Gasteiger partial charge in [0.1, 0.15) is 24.2 Å². The molecule has 220 valence electrons. The summed E-state index contributed by atoms with van der Waals surface area (Å²) in [5, 5.41) is 0. The van der Waals surface area contributed by atoms with Crippen molar-refractivity contribution >= 4 is 31.7 Å². The molecule has 0 aromatic heterocycles. The predicted molar refractivity (Wildman–Crippen MR) is 153 cm³/mol. The molecule has 0 aliphatic carbocycles. The number of sulfonamides is 2. The summed E-state index contributed by atoms with van der Waals surface area (Å²) in [7, 11) is -5.89. The zero-order valence-corrected chi connectivity index (χ0v) is 24.4. The standard InChI is InChI=1S/C28H33N3O8S2/c1-22(32)39-26(20-30-15-17-31(18-16-30)41(35,36)28-13-11-24(37-2)12-14-28)21-38-25-8-6-7-23(19-25)29-40(33,34)27-9-4-3-5-10-27/h3-14,19,26,29H,15-18,20-21H2,1-2H3/t26-/m0/s1. The molecule has 1 N–H and O–H groups in total. The molecule has 0 bridgehead atoms. The first-order valence-electron chi connectivity index (χ1n) is 12.9. The largest absolute Gasteiger partial charge is 0.497 e. The van der Waals surface area contributed by atoms with Crippen LogP contribution in [0.15, 0.2) is 88.7 Å². The smallest absolute Gasteiger partial charge is 0.303 e. The van der Waals surface area contributed by atoms with Crippen LogP contribution in [0.4, 0.5) is 5.69 Å². The Bertz CT molecular complexity index is 1520. The Morgan fingerprint density at radius 3 is 2.17 bits per heavy atom. The van der Waals surface area contributed by atoms with Crippen molar-refractivity contribution in [2.75, 3.05) is 51.2 Å². The number of benzene rings is 3. The molecule has 1 heterocycles. The van der Waals surface area contributed by atoms with Crippen LogP contribution in [0.2, 0.25) is 0 Å². The lowest BCUT2D eigenvalue weighted by molar-refractivity contribution is -0.149. The molecule has 41 heavy (non-hydrogen) atoms. The second kappa shape index (κ2) is 13.3. The van der Waals surface area contributed by atoms with Crippen LogP contribution in [-0.2, 0) is 29.6 Å². The molecule has 3 aromatic carbocycles. The van der Waals surface area contributed by atoms with E-state index < -0.39 is 32.1 Å². The van der Waals surface area contributed by atoms with Gasteiger partial charge < -0.3 is 14.2 Å². The van der Waals surface area contributed by atoms with Crippen molar-refractivity contribution in [3.05, 3.63) is 78.9 Å². The lowest BCUT2D eigenvalue weighted by atomic mass is 10.3. The van der Waals surface area contributed by atoms with Gasteiger partial charge in [0.05, 0.1) is 22.6 Å². The van der Waals surface area contributed by atoms with E-state index in [-0.39, 0.29) is 29.5 Å². The Morgan fingerprint density at radius 1 is 0.854 bits per heavy atom. The summed E-state index contributed by atoms with van der Waals surface area (Å²) in [6.45, 7) is 3.14. The van der Waals surface area contributed by atoms with E-state index in [2.05, 4.69) is 4.72 Å². The number of nitrogens with one attached hydrogen (secondary N) is 1. The highest BCUT2D eigenvalue weighted by Gasteiger charge is 2.30. The summed E-state index contributed by atoms with van der Waals surface area (Å²) in [6, 6.07) is 20.8. The number of piperazine rings is 1. The molecule has 0 unspecified atom stereocenters. The van der Waals surface area contributed by atoms with E-state index in [1.165, 1.54) is 42.6 Å². The monoisotopic (exact) mass is 603 g/mol. The minimum atomic E-state index is -3.77. The van der Waals surface area contributed by atoms with E-state index in [1.807, 2.05) is 4.90 Å². The van der Waals surface area contributed by atoms with Gasteiger partial charge in [-0.2, -0.15) is 4.31 Å². The third-order valence-electron chi connectivity index (χ3n) is 6.40. The number of anilines is 1. The summed E-state index contributed by atoms with van der Waals surface area (Å²) in [5.41, 5.74) is 0.324. The van der Waals surface area contributed by atoms with Crippen LogP contribution >= 0.6 is 0 Å². The van der Waals surface area contributed by atoms with Gasteiger partial charge in [-0.25, -0.2) is 16.8 Å². The van der Waals surface area contributed by atoms with Crippen LogP contribution in [0.3, 0.4) is 0 Å². The Hall–Kier alpha value is -3.65. The number of hydrogen-bond donors (Lipinski definition) is 1. The topological polar surface area (TPSA) is 132 Å². The quantitative estimate of drug-likeness (QED) is 0.311. The van der Waals surface area contributed by atoms with Crippen LogP contribution in [0.25, 0.3) is 0 Å². The molecule has 0 saturated carbocycles. The molecule has 0 spiro atoms. The molecule has 1 atom stereocenters. The van der Waals surface area contributed by atoms with Gasteiger partial charge in [-0.3, -0.25) is 14.4 Å². The average Bonchev–Trinajstić information content (AvgIpc) is 2.96. The number of hydrogen-bond acceptors (Lipinski definition) is 9. The van der Waals surface area contributed by atoms with Crippen LogP contribution in [0, 0.1) is 0 Å². The van der Waals surface area contributed by atoms with Crippen LogP contribution < -0.4 is 14.2 Å². The van der Waals surface area contributed by atoms with E-state index in [1.54, 1.807) is 54.6 Å². The van der Waals surface area contributed by atoms with Crippen molar-refractivity contribution in [3.63, 3.8) is 0 Å². The number of nitrogens with zero attached hydrogens (tertiary/aromatic N) is 2. The Balaban J connectivity index is 1.33. The summed E-state index contributed by atoms with van der Waals surface area (Å²) in [5.74, 6) is 0.502. The van der Waals surface area contributed by atoms with Gasteiger partial charge in [-0.1, -0.05) is 24.3 Å². The fraction of sp³-hybridized carbons (Fsp3) is 0.321. The van der Waals surface area contributed by atoms with E-state index in [9.17, 15) is 21.6 Å². The van der Waals surface area contributed by atoms with E-state index in [0.29, 0.717) is 36.8 Å². The molecule has 1 aliphatic rings. The highest BCUT2D eigenvalue weighted by molar-refractivity contribution is 7.92. The average molecular weight is 604 g/mol. The molecule has 4 rings (SSSR count). The number of esters is 1. The summed E-state index contributed by atoms with van der Waals surface area (Å²) < 4.78 is 71.8. The zero-order chi connectivity index (χ0) is 29.5. The maximum Gasteiger partial charge on any atom is 0.303 e. The molecule has 0 amide bonds. The SMILES string of the molecule is COc1ccc(S(=O)(=O)N2CCN(C[C@@H](COc3cccc(NS(=O)(=O)c4ccccc4)c3)OC(C)=O)CC2)cc1. The first-order chi connectivity index (χ1) is 19.6. The van der Waals surface area contributed by atoms with E-state index >= 15 is 0 Å². The van der Waals surface area contributed by atoms with Crippen molar-refractivity contribution in [3.8, 4) is 11.5 Å². The van der Waals surface area contributed by atoms with E-state index in [0.717, 1.165) is 0 Å². The highest BCUT2D eigenvalue weighted by Crippen LogP contribution is 2.23. The number of rotatable bonds is 12. The van der Waals surface area contributed by atoms with Crippen molar-refractivity contribution in [2.45, 2.75) is 22.8 Å². The van der Waals surface area contributed by atoms with Crippen LogP contribution in [0.5, 0.6) is 11.5 Å². The molecule has 1 saturated heterocycles. The lowest BCUT2D eigenvalue weighted by Crippen LogP contribution is -2.51. The van der Waals surface area contributed by atoms with Gasteiger partial charge in [0, 0.05) is 45.7 Å². The minimum Gasteiger partial charge on any atom is -0.497 e. The summed E-state index contributed by atoms with van der Waals surface area (Å²) >= 11 is 0. The molecule has 3 aromatic rings. The molecule has 13 heteroatoms. The molecule has 11 nitrogen and oxygen atoms in total. The van der Waals surface area contributed by atoms with Gasteiger partial charge in [0.15, 0.2) is 0 Å². The second-order valence-electron chi connectivity index (χ2n) is 9.37. The Kier molecular flexibility index (Phi) is 9.86. The third kappa shape index (κ3) is 8.19. The Labute approximate surface area is 240 Å². The van der Waals surface area contributed by atoms with Crippen molar-refractivity contribution in [1.82, 2.24) is 9.21 Å². The predicted octanol–water partition coefficient (Wildman–Crippen LogP) is 2.81. The number of methoxy groups -OCH3 is 1. The van der Waals surface area contributed by atoms with Gasteiger partial charge in [-0.05, 0) is 48.5 Å². The van der Waals surface area contributed by atoms with Crippen molar-refractivity contribution in [2.24, 2.45) is 0 Å². The molecular formula is C28H33N3O8S2. The van der Waals surface area contributed by atoms with Gasteiger partial charge in [0.2, 0.25) is 10.0 Å². The van der Waals surface area contributed by atoms with Gasteiger partial charge >= 0.3 is 5.97 Å². The van der Waals surface area contributed by atoms with Gasteiger partial charge in [-0.15, -0.1) is 0 Å². The Morgan fingerprint density at radius 2 is 1.54 bits per heavy atom. The lowest BCUT2D eigenvalue weighted by Gasteiger charge is -2.35. The van der Waals surface area contributed by atoms with Crippen molar-refractivity contribution in [1.29, 1.82) is 0 Å². The molecule has 0 radical (unpaired) electrons. The zero-order valence-electron chi connectivity index (χ0n) is 22.8. The molecular weight excluding hydrogens is 570 g/mol. The number of carbonyl (C=O) groups excluding carboxylic acids is 1. The third-order valence-corrected chi connectivity index (χ3v) is 9.71. The maximum atomic E-state index is 13.0. The normalized spacial score (nSPS) is 15.6. The van der Waals surface area contributed by atoms with E-state index in [4.69, 9.17) is 14.2 Å². The first kappa shape index (κ1) is 30.3. The van der Waals surface area contributed by atoms with Crippen LogP contribution in [-0.4, -0.2) is 84.6 Å². The fourth-order valence-corrected chi connectivity index (χ4v) is 6.84. The van der Waals surface area contributed by atoms with Crippen molar-refractivity contribution < 1.29 is 35.8 Å². The minimum absolute atomic E-state index is 0.0266.